The molecule has 20 heavy (non-hydrogen) atoms. The van der Waals surface area contributed by atoms with Crippen LogP contribution < -0.4 is 10.2 Å². The van der Waals surface area contributed by atoms with Gasteiger partial charge in [-0.05, 0) is 33.0 Å². The lowest BCUT2D eigenvalue weighted by molar-refractivity contribution is 0.0994. The molecule has 1 fully saturated rings. The van der Waals surface area contributed by atoms with Gasteiger partial charge in [0, 0.05) is 24.7 Å². The van der Waals surface area contributed by atoms with Crippen LogP contribution in [0.3, 0.4) is 0 Å². The van der Waals surface area contributed by atoms with Crippen molar-refractivity contribution in [3.05, 3.63) is 29.8 Å². The maximum Gasteiger partial charge on any atom is 0.324 e. The van der Waals surface area contributed by atoms with E-state index < -0.39 is 0 Å². The number of anilines is 1. The van der Waals surface area contributed by atoms with Crippen molar-refractivity contribution in [2.24, 2.45) is 0 Å². The first-order chi connectivity index (χ1) is 9.56. The van der Waals surface area contributed by atoms with Gasteiger partial charge in [0.05, 0.1) is 12.2 Å². The topological polar surface area (TPSA) is 52.7 Å². The Bertz CT molecular complexity index is 514. The van der Waals surface area contributed by atoms with Crippen molar-refractivity contribution in [1.29, 1.82) is 0 Å². The van der Waals surface area contributed by atoms with Crippen LogP contribution in [0.4, 0.5) is 10.5 Å². The van der Waals surface area contributed by atoms with Crippen LogP contribution in [-0.2, 0) is 0 Å². The molecule has 1 N–H and O–H groups in total. The van der Waals surface area contributed by atoms with E-state index in [1.165, 1.54) is 0 Å². The summed E-state index contributed by atoms with van der Waals surface area (Å²) in [6, 6.07) is 7.45. The molecule has 0 unspecified atom stereocenters. The maximum absolute atomic E-state index is 12.4. The Kier molecular flexibility index (Phi) is 4.39. The van der Waals surface area contributed by atoms with Crippen LogP contribution >= 0.6 is 0 Å². The number of carbonyl (C=O) groups excluding carboxylic acids is 2. The average Bonchev–Trinajstić information content (AvgIpc) is 2.81. The number of carbonyl (C=O) groups is 2. The van der Waals surface area contributed by atoms with Gasteiger partial charge in [0.25, 0.3) is 0 Å². The smallest absolute Gasteiger partial charge is 0.320 e. The molecular weight excluding hydrogens is 254 g/mol. The number of amides is 2. The number of likely N-dealkylation sites (N-methyl/N-ethyl adjacent to an activating group) is 1. The van der Waals surface area contributed by atoms with Crippen molar-refractivity contribution in [2.45, 2.75) is 19.9 Å². The van der Waals surface area contributed by atoms with Crippen molar-refractivity contribution in [2.75, 3.05) is 31.6 Å². The second-order valence-corrected chi connectivity index (χ2v) is 5.19. The number of Topliss-reactive ketones (excluding diaryl/α,β-unsaturated/α-hetero) is 1. The minimum Gasteiger partial charge on any atom is -0.320 e. The molecule has 0 saturated carbocycles. The molecule has 1 saturated heterocycles. The van der Waals surface area contributed by atoms with E-state index in [9.17, 15) is 9.59 Å². The molecule has 1 aliphatic rings. The van der Waals surface area contributed by atoms with Gasteiger partial charge in [-0.25, -0.2) is 4.79 Å². The highest BCUT2D eigenvalue weighted by Gasteiger charge is 2.32. The summed E-state index contributed by atoms with van der Waals surface area (Å²) < 4.78 is 0. The van der Waals surface area contributed by atoms with Crippen LogP contribution in [0.15, 0.2) is 24.3 Å². The Hall–Kier alpha value is -1.88. The molecule has 0 bridgehead atoms. The van der Waals surface area contributed by atoms with Gasteiger partial charge in [-0.1, -0.05) is 12.1 Å². The number of rotatable bonds is 5. The summed E-state index contributed by atoms with van der Waals surface area (Å²) in [5.41, 5.74) is 1.31. The molecule has 2 amide bonds. The van der Waals surface area contributed by atoms with Gasteiger partial charge >= 0.3 is 6.03 Å². The van der Waals surface area contributed by atoms with E-state index in [4.69, 9.17) is 0 Å². The van der Waals surface area contributed by atoms with Crippen LogP contribution in [0.5, 0.6) is 0 Å². The summed E-state index contributed by atoms with van der Waals surface area (Å²) in [5, 5.41) is 2.86. The first kappa shape index (κ1) is 14.5. The molecule has 108 valence electrons. The van der Waals surface area contributed by atoms with E-state index in [1.54, 1.807) is 18.0 Å². The lowest BCUT2D eigenvalue weighted by Crippen LogP contribution is -2.36. The summed E-state index contributed by atoms with van der Waals surface area (Å²) in [6.07, 6.45) is 0. The maximum atomic E-state index is 12.4. The predicted octanol–water partition coefficient (Wildman–Crippen LogP) is 1.74. The number of nitrogens with one attached hydrogen (secondary N) is 1. The van der Waals surface area contributed by atoms with Crippen molar-refractivity contribution in [1.82, 2.24) is 10.2 Å². The number of hydrogen-bond acceptors (Lipinski definition) is 3. The van der Waals surface area contributed by atoms with Gasteiger partial charge in [0.15, 0.2) is 5.78 Å². The normalized spacial score (nSPS) is 15.3. The molecule has 0 aromatic heterocycles. The lowest BCUT2D eigenvalue weighted by Gasteiger charge is -2.23. The van der Waals surface area contributed by atoms with Gasteiger partial charge < -0.3 is 10.2 Å². The van der Waals surface area contributed by atoms with Crippen LogP contribution in [0.25, 0.3) is 0 Å². The number of urea groups is 1. The molecule has 0 spiro atoms. The van der Waals surface area contributed by atoms with Crippen LogP contribution in [-0.4, -0.2) is 49.4 Å². The van der Waals surface area contributed by atoms with Crippen LogP contribution in [0, 0.1) is 0 Å². The molecule has 2 rings (SSSR count). The number of para-hydroxylation sites is 1. The molecule has 1 aromatic rings. The quantitative estimate of drug-likeness (QED) is 0.833. The summed E-state index contributed by atoms with van der Waals surface area (Å²) in [6.45, 7) is 5.60. The molecule has 1 heterocycles. The lowest BCUT2D eigenvalue weighted by atomic mass is 10.1. The van der Waals surface area contributed by atoms with E-state index in [0.717, 1.165) is 0 Å². The van der Waals surface area contributed by atoms with E-state index in [0.29, 0.717) is 24.3 Å². The number of nitrogens with zero attached hydrogens (tertiary/aromatic N) is 2. The van der Waals surface area contributed by atoms with Crippen molar-refractivity contribution in [3.8, 4) is 0 Å². The minimum atomic E-state index is -0.0234. The third-order valence-electron chi connectivity index (χ3n) is 3.50. The van der Waals surface area contributed by atoms with E-state index in [2.05, 4.69) is 5.32 Å². The fraction of sp³-hybridized carbons (Fsp3) is 0.467. The fourth-order valence-electron chi connectivity index (χ4n) is 2.46. The molecule has 0 radical (unpaired) electrons. The van der Waals surface area contributed by atoms with Crippen molar-refractivity contribution >= 4 is 17.5 Å². The van der Waals surface area contributed by atoms with Crippen molar-refractivity contribution < 1.29 is 9.59 Å². The Labute approximate surface area is 119 Å². The Morgan fingerprint density at radius 2 is 2.00 bits per heavy atom. The predicted molar refractivity (Wildman–Crippen MR) is 79.3 cm³/mol. The summed E-state index contributed by atoms with van der Waals surface area (Å²) >= 11 is 0. The Balaban J connectivity index is 2.30. The van der Waals surface area contributed by atoms with Gasteiger partial charge in [0.1, 0.15) is 0 Å². The number of hydrogen-bond donors (Lipinski definition) is 1. The fourth-order valence-corrected chi connectivity index (χ4v) is 2.46. The van der Waals surface area contributed by atoms with E-state index in [1.807, 2.05) is 36.9 Å². The SMILES string of the molecule is CNCC(=O)c1ccccc1N1CCN(C(C)C)C1=O. The Morgan fingerprint density at radius 3 is 2.60 bits per heavy atom. The first-order valence-electron chi connectivity index (χ1n) is 6.91. The molecule has 0 aliphatic carbocycles. The third-order valence-corrected chi connectivity index (χ3v) is 3.50. The van der Waals surface area contributed by atoms with Gasteiger partial charge in [-0.15, -0.1) is 0 Å². The van der Waals surface area contributed by atoms with Crippen LogP contribution in [0.2, 0.25) is 0 Å². The summed E-state index contributed by atoms with van der Waals surface area (Å²) in [4.78, 5) is 28.1. The minimum absolute atomic E-state index is 0.00102. The molecule has 1 aliphatic heterocycles. The highest BCUT2D eigenvalue weighted by molar-refractivity contribution is 6.06. The second-order valence-electron chi connectivity index (χ2n) is 5.19. The largest absolute Gasteiger partial charge is 0.324 e. The van der Waals surface area contributed by atoms with Gasteiger partial charge in [-0.3, -0.25) is 9.69 Å². The van der Waals surface area contributed by atoms with E-state index in [-0.39, 0.29) is 24.4 Å². The number of benzene rings is 1. The Morgan fingerprint density at radius 1 is 1.30 bits per heavy atom. The second kappa shape index (κ2) is 6.05. The summed E-state index contributed by atoms with van der Waals surface area (Å²) in [5.74, 6) is -0.00102. The molecule has 1 aromatic carbocycles. The monoisotopic (exact) mass is 275 g/mol. The molecule has 5 heteroatoms. The zero-order chi connectivity index (χ0) is 14.7. The average molecular weight is 275 g/mol. The van der Waals surface area contributed by atoms with Crippen molar-refractivity contribution in [3.63, 3.8) is 0 Å². The molecule has 5 nitrogen and oxygen atoms in total. The summed E-state index contributed by atoms with van der Waals surface area (Å²) in [7, 11) is 1.74. The molecule has 0 atom stereocenters. The van der Waals surface area contributed by atoms with Gasteiger partial charge in [-0.2, -0.15) is 0 Å². The highest BCUT2D eigenvalue weighted by Crippen LogP contribution is 2.25. The van der Waals surface area contributed by atoms with Gasteiger partial charge in [0.2, 0.25) is 0 Å². The third kappa shape index (κ3) is 2.67. The first-order valence-corrected chi connectivity index (χ1v) is 6.91. The van der Waals surface area contributed by atoms with E-state index >= 15 is 0 Å². The molecular formula is C15H21N3O2. The number of ketones is 1. The zero-order valence-electron chi connectivity index (χ0n) is 12.2. The zero-order valence-corrected chi connectivity index (χ0v) is 12.2. The highest BCUT2D eigenvalue weighted by atomic mass is 16.2. The standard InChI is InChI=1S/C15H21N3O2/c1-11(2)17-8-9-18(15(17)20)13-7-5-4-6-12(13)14(19)10-16-3/h4-7,11,16H,8-10H2,1-3H3. The van der Waals surface area contributed by atoms with Crippen LogP contribution in [0.1, 0.15) is 24.2 Å².